The van der Waals surface area contributed by atoms with Gasteiger partial charge in [-0.1, -0.05) is 0 Å². The second-order valence-electron chi connectivity index (χ2n) is 6.59. The van der Waals surface area contributed by atoms with Gasteiger partial charge in [-0.25, -0.2) is 13.2 Å². The summed E-state index contributed by atoms with van der Waals surface area (Å²) >= 11 is 0. The zero-order valence-corrected chi connectivity index (χ0v) is 16.4. The third-order valence-corrected chi connectivity index (χ3v) is 4.68. The molecule has 0 bridgehead atoms. The number of amides is 2. The Bertz CT molecular complexity index is 913. The van der Waals surface area contributed by atoms with E-state index in [0.29, 0.717) is 24.2 Å². The summed E-state index contributed by atoms with van der Waals surface area (Å²) < 4.78 is 51.1. The molecular weight excluding hydrogens is 401 g/mol. The Morgan fingerprint density at radius 1 is 0.833 bits per heavy atom. The summed E-state index contributed by atoms with van der Waals surface area (Å²) in [4.78, 5) is 27.6. The lowest BCUT2D eigenvalue weighted by atomic mass is 10.1. The molecule has 0 N–H and O–H groups in total. The molecule has 6 nitrogen and oxygen atoms in total. The van der Waals surface area contributed by atoms with Gasteiger partial charge in [-0.3, -0.25) is 9.59 Å². The highest BCUT2D eigenvalue weighted by Gasteiger charge is 2.28. The summed E-state index contributed by atoms with van der Waals surface area (Å²) in [6.45, 7) is 3.00. The van der Waals surface area contributed by atoms with Crippen LogP contribution >= 0.6 is 0 Å². The number of carbonyl (C=O) groups is 2. The van der Waals surface area contributed by atoms with Crippen LogP contribution in [0.25, 0.3) is 0 Å². The number of carbonyl (C=O) groups excluding carboxylic acids is 2. The number of ether oxygens (including phenoxy) is 2. The van der Waals surface area contributed by atoms with Crippen molar-refractivity contribution in [3.05, 3.63) is 59.4 Å². The summed E-state index contributed by atoms with van der Waals surface area (Å²) in [7, 11) is 0. The van der Waals surface area contributed by atoms with E-state index in [1.807, 2.05) is 6.92 Å². The average molecular weight is 422 g/mol. The van der Waals surface area contributed by atoms with Crippen LogP contribution < -0.4 is 9.47 Å². The molecule has 0 radical (unpaired) electrons. The van der Waals surface area contributed by atoms with Gasteiger partial charge in [-0.2, -0.15) is 0 Å². The molecule has 1 fully saturated rings. The Balaban J connectivity index is 1.50. The first-order valence-corrected chi connectivity index (χ1v) is 9.47. The van der Waals surface area contributed by atoms with Gasteiger partial charge in [0.05, 0.1) is 12.2 Å². The van der Waals surface area contributed by atoms with Gasteiger partial charge in [0.15, 0.2) is 24.1 Å². The van der Waals surface area contributed by atoms with Crippen LogP contribution in [-0.4, -0.2) is 61.0 Å². The van der Waals surface area contributed by atoms with E-state index < -0.39 is 28.9 Å². The Morgan fingerprint density at radius 3 is 2.00 bits per heavy atom. The number of benzene rings is 2. The van der Waals surface area contributed by atoms with E-state index in [1.54, 1.807) is 24.3 Å². The fourth-order valence-electron chi connectivity index (χ4n) is 3.06. The minimum absolute atomic E-state index is 0.145. The van der Waals surface area contributed by atoms with Gasteiger partial charge in [0.2, 0.25) is 0 Å². The highest BCUT2D eigenvalue weighted by atomic mass is 19.2. The molecule has 0 spiro atoms. The van der Waals surface area contributed by atoms with Crippen LogP contribution in [0.15, 0.2) is 36.4 Å². The first-order valence-electron chi connectivity index (χ1n) is 9.47. The van der Waals surface area contributed by atoms with Crippen LogP contribution in [0.2, 0.25) is 0 Å². The van der Waals surface area contributed by atoms with Crippen LogP contribution in [0.3, 0.4) is 0 Å². The zero-order chi connectivity index (χ0) is 21.7. The maximum Gasteiger partial charge on any atom is 0.260 e. The summed E-state index contributed by atoms with van der Waals surface area (Å²) in [5.41, 5.74) is -0.535. The molecule has 1 aliphatic heterocycles. The number of piperazine rings is 1. The van der Waals surface area contributed by atoms with Gasteiger partial charge in [0, 0.05) is 26.2 Å². The average Bonchev–Trinajstić information content (AvgIpc) is 2.77. The van der Waals surface area contributed by atoms with Gasteiger partial charge in [0.25, 0.3) is 11.8 Å². The van der Waals surface area contributed by atoms with Crippen molar-refractivity contribution in [3.63, 3.8) is 0 Å². The SMILES string of the molecule is CCOc1ccc(OCC(=O)N2CCN(C(=O)c3ccc(F)c(F)c3F)CC2)cc1. The molecule has 0 unspecified atom stereocenters. The van der Waals surface area contributed by atoms with E-state index >= 15 is 0 Å². The Morgan fingerprint density at radius 2 is 1.40 bits per heavy atom. The molecule has 0 aliphatic carbocycles. The van der Waals surface area contributed by atoms with E-state index in [0.717, 1.165) is 6.07 Å². The van der Waals surface area contributed by atoms with Crippen LogP contribution in [0.5, 0.6) is 11.5 Å². The summed E-state index contributed by atoms with van der Waals surface area (Å²) in [6, 6.07) is 8.51. The molecule has 1 saturated heterocycles. The van der Waals surface area contributed by atoms with Gasteiger partial charge < -0.3 is 19.3 Å². The van der Waals surface area contributed by atoms with Crippen molar-refractivity contribution in [2.45, 2.75) is 6.92 Å². The lowest BCUT2D eigenvalue weighted by Crippen LogP contribution is -2.51. The minimum Gasteiger partial charge on any atom is -0.494 e. The van der Waals surface area contributed by atoms with E-state index in [9.17, 15) is 22.8 Å². The fraction of sp³-hybridized carbons (Fsp3) is 0.333. The number of hydrogen-bond donors (Lipinski definition) is 0. The van der Waals surface area contributed by atoms with Gasteiger partial charge in [-0.15, -0.1) is 0 Å². The molecule has 3 rings (SSSR count). The first kappa shape index (κ1) is 21.5. The molecule has 1 heterocycles. The largest absolute Gasteiger partial charge is 0.494 e. The van der Waals surface area contributed by atoms with Crippen molar-refractivity contribution < 1.29 is 32.2 Å². The molecule has 30 heavy (non-hydrogen) atoms. The molecular formula is C21H21F3N2O4. The summed E-state index contributed by atoms with van der Waals surface area (Å²) in [5, 5.41) is 0. The monoisotopic (exact) mass is 422 g/mol. The van der Waals surface area contributed by atoms with Crippen molar-refractivity contribution >= 4 is 11.8 Å². The van der Waals surface area contributed by atoms with Crippen molar-refractivity contribution in [1.29, 1.82) is 0 Å². The van der Waals surface area contributed by atoms with E-state index in [4.69, 9.17) is 9.47 Å². The number of hydrogen-bond acceptors (Lipinski definition) is 4. The maximum atomic E-state index is 13.9. The number of halogens is 3. The van der Waals surface area contributed by atoms with Crippen molar-refractivity contribution in [1.82, 2.24) is 9.80 Å². The second kappa shape index (κ2) is 9.51. The molecule has 160 valence electrons. The molecule has 9 heteroatoms. The van der Waals surface area contributed by atoms with Crippen LogP contribution in [0.1, 0.15) is 17.3 Å². The zero-order valence-electron chi connectivity index (χ0n) is 16.4. The molecule has 2 aromatic rings. The molecule has 0 atom stereocenters. The molecule has 1 aliphatic rings. The van der Waals surface area contributed by atoms with Crippen LogP contribution in [0.4, 0.5) is 13.2 Å². The summed E-state index contributed by atoms with van der Waals surface area (Å²) in [6.07, 6.45) is 0. The Labute approximate surface area is 171 Å². The molecule has 2 aromatic carbocycles. The predicted molar refractivity (Wildman–Crippen MR) is 102 cm³/mol. The maximum absolute atomic E-state index is 13.9. The lowest BCUT2D eigenvalue weighted by molar-refractivity contribution is -0.134. The number of nitrogens with zero attached hydrogens (tertiary/aromatic N) is 2. The first-order chi connectivity index (χ1) is 14.4. The predicted octanol–water partition coefficient (Wildman–Crippen LogP) is 2.87. The highest BCUT2D eigenvalue weighted by Crippen LogP contribution is 2.19. The van der Waals surface area contributed by atoms with Gasteiger partial charge in [-0.05, 0) is 43.3 Å². The smallest absolute Gasteiger partial charge is 0.260 e. The molecule has 0 saturated carbocycles. The van der Waals surface area contributed by atoms with E-state index in [1.165, 1.54) is 9.80 Å². The van der Waals surface area contributed by atoms with E-state index in [-0.39, 0.29) is 38.7 Å². The number of rotatable bonds is 6. The Hall–Kier alpha value is -3.23. The quantitative estimate of drug-likeness (QED) is 0.672. The standard InChI is InChI=1S/C21H21F3N2O4/c1-2-29-14-3-5-15(6-4-14)30-13-18(27)25-9-11-26(12-10-25)21(28)16-7-8-17(22)20(24)19(16)23/h3-8H,2,9-13H2,1H3. The lowest BCUT2D eigenvalue weighted by Gasteiger charge is -2.34. The van der Waals surface area contributed by atoms with Crippen LogP contribution in [0, 0.1) is 17.5 Å². The van der Waals surface area contributed by atoms with Crippen molar-refractivity contribution in [3.8, 4) is 11.5 Å². The fourth-order valence-corrected chi connectivity index (χ4v) is 3.06. The third kappa shape index (κ3) is 4.84. The van der Waals surface area contributed by atoms with Crippen LogP contribution in [-0.2, 0) is 4.79 Å². The summed E-state index contributed by atoms with van der Waals surface area (Å²) in [5.74, 6) is -4.32. The highest BCUT2D eigenvalue weighted by molar-refractivity contribution is 5.94. The van der Waals surface area contributed by atoms with Gasteiger partial charge in [0.1, 0.15) is 11.5 Å². The van der Waals surface area contributed by atoms with Crippen molar-refractivity contribution in [2.24, 2.45) is 0 Å². The van der Waals surface area contributed by atoms with Crippen molar-refractivity contribution in [2.75, 3.05) is 39.4 Å². The normalized spacial score (nSPS) is 13.9. The Kier molecular flexibility index (Phi) is 6.81. The second-order valence-corrected chi connectivity index (χ2v) is 6.59. The van der Waals surface area contributed by atoms with E-state index in [2.05, 4.69) is 0 Å². The molecule has 2 amide bonds. The molecule has 0 aromatic heterocycles. The third-order valence-electron chi connectivity index (χ3n) is 4.68. The minimum atomic E-state index is -1.68. The topological polar surface area (TPSA) is 59.1 Å². The van der Waals surface area contributed by atoms with Gasteiger partial charge >= 0.3 is 0 Å².